The Labute approximate surface area is 255 Å². The number of anilines is 3. The molecular formula is C28H32ClF4N7O2S. The van der Waals surface area contributed by atoms with E-state index in [4.69, 9.17) is 16.7 Å². The Hall–Kier alpha value is -3.07. The van der Waals surface area contributed by atoms with Crippen molar-refractivity contribution in [3.8, 4) is 11.3 Å². The number of nitrogens with one attached hydrogen (secondary N) is 1. The van der Waals surface area contributed by atoms with E-state index in [1.54, 1.807) is 4.90 Å². The zero-order valence-electron chi connectivity index (χ0n) is 23.5. The van der Waals surface area contributed by atoms with E-state index in [0.717, 1.165) is 42.8 Å². The lowest BCUT2D eigenvalue weighted by Crippen LogP contribution is -2.47. The molecule has 2 aliphatic heterocycles. The van der Waals surface area contributed by atoms with Crippen LogP contribution in [-0.4, -0.2) is 81.1 Å². The summed E-state index contributed by atoms with van der Waals surface area (Å²) in [4.78, 5) is 30.5. The first-order chi connectivity index (χ1) is 20.5. The Bertz CT molecular complexity index is 1450. The lowest BCUT2D eigenvalue weighted by molar-refractivity contribution is -0.138. The maximum absolute atomic E-state index is 15.7. The van der Waals surface area contributed by atoms with E-state index in [9.17, 15) is 18.0 Å². The number of hydrogen-bond acceptors (Lipinski definition) is 9. The van der Waals surface area contributed by atoms with Gasteiger partial charge in [0, 0.05) is 60.8 Å². The highest BCUT2D eigenvalue weighted by Crippen LogP contribution is 2.39. The number of alkyl halides is 3. The molecule has 0 amide bonds. The molecule has 4 heterocycles. The number of likely N-dealkylation sites (tertiary alicyclic amines) is 1. The molecule has 2 saturated heterocycles. The van der Waals surface area contributed by atoms with E-state index >= 15 is 4.39 Å². The van der Waals surface area contributed by atoms with Crippen molar-refractivity contribution in [1.82, 2.24) is 24.8 Å². The minimum atomic E-state index is -4.58. The summed E-state index contributed by atoms with van der Waals surface area (Å²) in [7, 11) is 0. The summed E-state index contributed by atoms with van der Waals surface area (Å²) in [6.07, 6.45) is -0.123. The van der Waals surface area contributed by atoms with Crippen LogP contribution in [0.4, 0.5) is 34.3 Å². The van der Waals surface area contributed by atoms with Gasteiger partial charge in [-0.25, -0.2) is 15.0 Å². The predicted octanol–water partition coefficient (Wildman–Crippen LogP) is 6.13. The molecule has 2 aromatic heterocycles. The van der Waals surface area contributed by atoms with E-state index in [0.29, 0.717) is 51.0 Å². The average Bonchev–Trinajstić information content (AvgIpc) is 3.36. The second-order valence-electron chi connectivity index (χ2n) is 10.8. The summed E-state index contributed by atoms with van der Waals surface area (Å²) in [5.41, 5.74) is -0.289. The first-order valence-corrected chi connectivity index (χ1v) is 15.3. The molecule has 0 unspecified atom stereocenters. The van der Waals surface area contributed by atoms with Gasteiger partial charge in [0.15, 0.2) is 16.8 Å². The topological polar surface area (TPSA) is 97.7 Å². The fourth-order valence-corrected chi connectivity index (χ4v) is 6.66. The lowest BCUT2D eigenvalue weighted by Gasteiger charge is -2.35. The SMILES string of the molecule is C[C@@H]1CCCCN1Cc1sc(Nc2ncnc(N3CCN(CCC(=O)O)CC3)c2F)nc1-c1cc(Cl)cc(C(F)(F)F)c1. The van der Waals surface area contributed by atoms with Gasteiger partial charge in [-0.1, -0.05) is 29.4 Å². The molecule has 0 radical (unpaired) electrons. The Morgan fingerprint density at radius 2 is 1.91 bits per heavy atom. The monoisotopic (exact) mass is 641 g/mol. The summed E-state index contributed by atoms with van der Waals surface area (Å²) >= 11 is 7.35. The molecule has 9 nitrogen and oxygen atoms in total. The van der Waals surface area contributed by atoms with Crippen LogP contribution in [0, 0.1) is 5.82 Å². The van der Waals surface area contributed by atoms with E-state index in [1.165, 1.54) is 23.7 Å². The van der Waals surface area contributed by atoms with E-state index in [-0.39, 0.29) is 33.8 Å². The smallest absolute Gasteiger partial charge is 0.416 e. The summed E-state index contributed by atoms with van der Waals surface area (Å²) in [5, 5.41) is 12.1. The molecule has 1 aromatic carbocycles. The zero-order chi connectivity index (χ0) is 30.7. The van der Waals surface area contributed by atoms with Gasteiger partial charge >= 0.3 is 12.1 Å². The van der Waals surface area contributed by atoms with Crippen LogP contribution in [-0.2, 0) is 17.5 Å². The fraction of sp³-hybridized carbons (Fsp3) is 0.500. The second-order valence-corrected chi connectivity index (χ2v) is 12.3. The molecule has 2 aliphatic rings. The highest BCUT2D eigenvalue weighted by atomic mass is 35.5. The van der Waals surface area contributed by atoms with Crippen molar-refractivity contribution in [2.24, 2.45) is 0 Å². The number of aromatic nitrogens is 3. The molecule has 0 spiro atoms. The molecule has 0 aliphatic carbocycles. The lowest BCUT2D eigenvalue weighted by atomic mass is 10.0. The van der Waals surface area contributed by atoms with Crippen molar-refractivity contribution in [3.63, 3.8) is 0 Å². The van der Waals surface area contributed by atoms with Gasteiger partial charge in [-0.15, -0.1) is 0 Å². The number of aliphatic carboxylic acids is 1. The maximum Gasteiger partial charge on any atom is 0.416 e. The number of piperidine rings is 1. The molecule has 2 N–H and O–H groups in total. The van der Waals surface area contributed by atoms with Crippen LogP contribution in [0.1, 0.15) is 43.0 Å². The third kappa shape index (κ3) is 7.72. The highest BCUT2D eigenvalue weighted by Gasteiger charge is 2.32. The Kier molecular flexibility index (Phi) is 9.69. The van der Waals surface area contributed by atoms with Crippen molar-refractivity contribution in [3.05, 3.63) is 45.8 Å². The Morgan fingerprint density at radius 3 is 2.60 bits per heavy atom. The van der Waals surface area contributed by atoms with E-state index in [1.807, 2.05) is 4.90 Å². The van der Waals surface area contributed by atoms with Crippen LogP contribution in [0.3, 0.4) is 0 Å². The number of rotatable bonds is 9. The summed E-state index contributed by atoms with van der Waals surface area (Å²) in [6, 6.07) is 3.68. The Balaban J connectivity index is 1.41. The Morgan fingerprint density at radius 1 is 1.14 bits per heavy atom. The molecule has 1 atom stereocenters. The normalized spacial score (nSPS) is 18.7. The van der Waals surface area contributed by atoms with Gasteiger partial charge in [0.2, 0.25) is 5.82 Å². The maximum atomic E-state index is 15.7. The third-order valence-electron chi connectivity index (χ3n) is 7.79. The van der Waals surface area contributed by atoms with Crippen molar-refractivity contribution in [2.75, 3.05) is 49.5 Å². The number of carboxylic acid groups (broad SMARTS) is 1. The number of nitrogens with zero attached hydrogens (tertiary/aromatic N) is 6. The molecule has 15 heteroatoms. The first-order valence-electron chi connectivity index (χ1n) is 14.1. The van der Waals surface area contributed by atoms with Crippen molar-refractivity contribution >= 4 is 45.7 Å². The predicted molar refractivity (Wildman–Crippen MR) is 157 cm³/mol. The van der Waals surface area contributed by atoms with Crippen LogP contribution in [0.25, 0.3) is 11.3 Å². The summed E-state index contributed by atoms with van der Waals surface area (Å²) in [6.45, 7) is 5.94. The molecule has 2 fully saturated rings. The van der Waals surface area contributed by atoms with Crippen molar-refractivity contribution in [1.29, 1.82) is 0 Å². The molecule has 0 bridgehead atoms. The number of benzene rings is 1. The molecule has 43 heavy (non-hydrogen) atoms. The minimum Gasteiger partial charge on any atom is -0.481 e. The van der Waals surface area contributed by atoms with Gasteiger partial charge in [0.25, 0.3) is 0 Å². The molecule has 232 valence electrons. The van der Waals surface area contributed by atoms with Gasteiger partial charge in [-0.05, 0) is 44.5 Å². The van der Waals surface area contributed by atoms with Crippen LogP contribution in [0.2, 0.25) is 5.02 Å². The highest BCUT2D eigenvalue weighted by molar-refractivity contribution is 7.16. The van der Waals surface area contributed by atoms with E-state index in [2.05, 4.69) is 32.1 Å². The van der Waals surface area contributed by atoms with Crippen molar-refractivity contribution < 1.29 is 27.5 Å². The average molecular weight is 642 g/mol. The summed E-state index contributed by atoms with van der Waals surface area (Å²) < 4.78 is 56.6. The van der Waals surface area contributed by atoms with Gasteiger partial charge in [0.05, 0.1) is 17.7 Å². The first kappa shape index (κ1) is 31.4. The molecule has 0 saturated carbocycles. The number of thiazole rings is 1. The largest absolute Gasteiger partial charge is 0.481 e. The third-order valence-corrected chi connectivity index (χ3v) is 8.97. The van der Waals surface area contributed by atoms with Gasteiger partial charge in [-0.3, -0.25) is 14.6 Å². The number of hydrogen-bond donors (Lipinski definition) is 2. The van der Waals surface area contributed by atoms with Gasteiger partial charge < -0.3 is 15.3 Å². The van der Waals surface area contributed by atoms with E-state index < -0.39 is 23.5 Å². The van der Waals surface area contributed by atoms with Crippen molar-refractivity contribution in [2.45, 2.75) is 51.4 Å². The second kappa shape index (κ2) is 13.3. The van der Waals surface area contributed by atoms with Gasteiger partial charge in [-0.2, -0.15) is 17.6 Å². The quantitative estimate of drug-likeness (QED) is 0.268. The standard InChI is InChI=1S/C28H32ClF4N7O2S/c1-17-4-2-3-6-40(17)15-21-24(18-12-19(28(31,32)33)14-20(29)13-18)36-27(43-21)37-25-23(30)26(35-16-34-25)39-10-8-38(9-11-39)7-5-22(41)42/h12-14,16-17H,2-11,15H2,1H3,(H,41,42)(H,34,35,36,37)/t17-/m1/s1. The number of piperazine rings is 1. The van der Waals surface area contributed by atoms with Gasteiger partial charge in [0.1, 0.15) is 6.33 Å². The van der Waals surface area contributed by atoms with Crippen LogP contribution < -0.4 is 10.2 Å². The summed E-state index contributed by atoms with van der Waals surface area (Å²) in [5.74, 6) is -1.53. The zero-order valence-corrected chi connectivity index (χ0v) is 25.1. The molecular weight excluding hydrogens is 610 g/mol. The number of halogens is 5. The number of carbonyl (C=O) groups is 1. The van der Waals surface area contributed by atoms with Crippen LogP contribution in [0.15, 0.2) is 24.5 Å². The fourth-order valence-electron chi connectivity index (χ4n) is 5.41. The minimum absolute atomic E-state index is 0.0388. The van der Waals surface area contributed by atoms with Crippen LogP contribution in [0.5, 0.6) is 0 Å². The van der Waals surface area contributed by atoms with Crippen LogP contribution >= 0.6 is 22.9 Å². The number of carboxylic acids is 1. The molecule has 5 rings (SSSR count). The molecule has 3 aromatic rings.